The first kappa shape index (κ1) is 19.1. The van der Waals surface area contributed by atoms with E-state index in [2.05, 4.69) is 100 Å². The van der Waals surface area contributed by atoms with Crippen LogP contribution in [-0.2, 0) is 5.41 Å². The zero-order valence-electron chi connectivity index (χ0n) is 17.9. The van der Waals surface area contributed by atoms with Gasteiger partial charge in [0.15, 0.2) is 0 Å². The number of benzene rings is 3. The molecule has 0 saturated heterocycles. The van der Waals surface area contributed by atoms with Gasteiger partial charge >= 0.3 is 0 Å². The molecule has 0 atom stereocenters. The van der Waals surface area contributed by atoms with Gasteiger partial charge in [0.25, 0.3) is 0 Å². The van der Waals surface area contributed by atoms with Crippen molar-refractivity contribution in [2.24, 2.45) is 0 Å². The van der Waals surface area contributed by atoms with Crippen molar-refractivity contribution < 1.29 is 0 Å². The maximum absolute atomic E-state index is 4.79. The Hall–Kier alpha value is -2.84. The fourth-order valence-electron chi connectivity index (χ4n) is 4.01. The van der Waals surface area contributed by atoms with Crippen LogP contribution in [0.4, 0.5) is 0 Å². The Labute approximate surface area is 183 Å². The topological polar surface area (TPSA) is 12.9 Å². The van der Waals surface area contributed by atoms with Crippen LogP contribution in [0.1, 0.15) is 31.9 Å². The third-order valence-electron chi connectivity index (χ3n) is 5.77. The van der Waals surface area contributed by atoms with Crippen LogP contribution < -0.4 is 0 Å². The third kappa shape index (κ3) is 3.36. The summed E-state index contributed by atoms with van der Waals surface area (Å²) in [7, 11) is 0. The SMILES string of the molecule is Cc1ccc2c(c1)-c1cc(-c3ccc(C(C)(C)C)cn3)ccc1Sc1ccccc1-2. The molecule has 0 N–H and O–H groups in total. The van der Waals surface area contributed by atoms with Crippen molar-refractivity contribution in [3.05, 3.63) is 90.1 Å². The fraction of sp³-hybridized carbons (Fsp3) is 0.179. The van der Waals surface area contributed by atoms with Crippen LogP contribution in [0, 0.1) is 6.92 Å². The van der Waals surface area contributed by atoms with E-state index in [4.69, 9.17) is 4.98 Å². The number of aryl methyl sites for hydroxylation is 1. The Bertz CT molecular complexity index is 1250. The Morgan fingerprint density at radius 3 is 2.27 bits per heavy atom. The molecule has 1 aromatic heterocycles. The molecule has 0 saturated carbocycles. The van der Waals surface area contributed by atoms with E-state index >= 15 is 0 Å². The Morgan fingerprint density at radius 1 is 0.700 bits per heavy atom. The van der Waals surface area contributed by atoms with Gasteiger partial charge in [-0.1, -0.05) is 86.6 Å². The Balaban J connectivity index is 1.68. The molecule has 3 aromatic carbocycles. The molecular formula is C28H25NS. The van der Waals surface area contributed by atoms with Gasteiger partial charge in [0.1, 0.15) is 0 Å². The van der Waals surface area contributed by atoms with Crippen LogP contribution in [0.5, 0.6) is 0 Å². The van der Waals surface area contributed by atoms with Crippen LogP contribution >= 0.6 is 11.8 Å². The van der Waals surface area contributed by atoms with Gasteiger partial charge in [0.2, 0.25) is 0 Å². The van der Waals surface area contributed by atoms with Crippen molar-refractivity contribution in [3.63, 3.8) is 0 Å². The van der Waals surface area contributed by atoms with Crippen LogP contribution in [0.15, 0.2) is 88.8 Å². The molecule has 1 aliphatic heterocycles. The summed E-state index contributed by atoms with van der Waals surface area (Å²) in [5.41, 5.74) is 10.0. The number of fused-ring (bicyclic) bond motifs is 5. The highest BCUT2D eigenvalue weighted by atomic mass is 32.2. The lowest BCUT2D eigenvalue weighted by Crippen LogP contribution is -2.11. The predicted octanol–water partition coefficient (Wildman–Crippen LogP) is 8.15. The summed E-state index contributed by atoms with van der Waals surface area (Å²) in [6, 6.07) is 26.6. The van der Waals surface area contributed by atoms with E-state index in [0.717, 1.165) is 11.3 Å². The lowest BCUT2D eigenvalue weighted by atomic mass is 9.88. The second-order valence-electron chi connectivity index (χ2n) is 9.04. The number of nitrogens with zero attached hydrogens (tertiary/aromatic N) is 1. The smallest absolute Gasteiger partial charge is 0.0702 e. The van der Waals surface area contributed by atoms with Crippen LogP contribution in [0.3, 0.4) is 0 Å². The van der Waals surface area contributed by atoms with Crippen molar-refractivity contribution >= 4 is 11.8 Å². The molecule has 0 unspecified atom stereocenters. The van der Waals surface area contributed by atoms with E-state index < -0.39 is 0 Å². The molecule has 5 rings (SSSR count). The van der Waals surface area contributed by atoms with E-state index in [1.54, 1.807) is 0 Å². The highest BCUT2D eigenvalue weighted by Crippen LogP contribution is 2.48. The molecule has 0 fully saturated rings. The van der Waals surface area contributed by atoms with Crippen LogP contribution in [0.2, 0.25) is 0 Å². The van der Waals surface area contributed by atoms with Gasteiger partial charge in [-0.05, 0) is 64.4 Å². The summed E-state index contributed by atoms with van der Waals surface area (Å²) >= 11 is 1.86. The van der Waals surface area contributed by atoms with Gasteiger partial charge in [0.05, 0.1) is 5.69 Å². The molecule has 0 spiro atoms. The van der Waals surface area contributed by atoms with Gasteiger partial charge < -0.3 is 0 Å². The van der Waals surface area contributed by atoms with Gasteiger partial charge in [-0.15, -0.1) is 0 Å². The highest BCUT2D eigenvalue weighted by molar-refractivity contribution is 7.99. The van der Waals surface area contributed by atoms with Gasteiger partial charge in [-0.3, -0.25) is 4.98 Å². The molecule has 0 amide bonds. The molecule has 30 heavy (non-hydrogen) atoms. The predicted molar refractivity (Wildman–Crippen MR) is 128 cm³/mol. The molecule has 1 nitrogen and oxygen atoms in total. The average molecular weight is 408 g/mol. The summed E-state index contributed by atoms with van der Waals surface area (Å²) in [6.07, 6.45) is 2.02. The maximum Gasteiger partial charge on any atom is 0.0702 e. The highest BCUT2D eigenvalue weighted by Gasteiger charge is 2.21. The second-order valence-corrected chi connectivity index (χ2v) is 10.1. The minimum atomic E-state index is 0.109. The van der Waals surface area contributed by atoms with E-state index in [-0.39, 0.29) is 5.41 Å². The quantitative estimate of drug-likeness (QED) is 0.278. The summed E-state index contributed by atoms with van der Waals surface area (Å²) < 4.78 is 0. The first-order valence-corrected chi connectivity index (χ1v) is 11.2. The van der Waals surface area contributed by atoms with E-state index in [1.165, 1.54) is 43.2 Å². The molecule has 0 aliphatic carbocycles. The zero-order chi connectivity index (χ0) is 20.9. The number of aromatic nitrogens is 1. The second kappa shape index (κ2) is 7.14. The monoisotopic (exact) mass is 407 g/mol. The standard InChI is InChI=1S/C28H25NS/c1-18-9-12-21-22-7-5-6-8-26(22)30-27-14-10-19(16-24(27)23(21)15-18)25-13-11-20(17-29-25)28(2,3)4/h5-17H,1-4H3. The van der Waals surface area contributed by atoms with Crippen molar-refractivity contribution in [3.8, 4) is 33.5 Å². The zero-order valence-corrected chi connectivity index (χ0v) is 18.7. The summed E-state index contributed by atoms with van der Waals surface area (Å²) in [5.74, 6) is 0. The molecule has 2 heterocycles. The van der Waals surface area contributed by atoms with Crippen LogP contribution in [-0.4, -0.2) is 4.98 Å². The molecule has 4 aromatic rings. The van der Waals surface area contributed by atoms with E-state index in [9.17, 15) is 0 Å². The largest absolute Gasteiger partial charge is 0.256 e. The number of hydrogen-bond acceptors (Lipinski definition) is 2. The van der Waals surface area contributed by atoms with Gasteiger partial charge in [0, 0.05) is 21.6 Å². The first-order chi connectivity index (χ1) is 14.4. The number of pyridine rings is 1. The molecule has 1 aliphatic rings. The molecule has 0 radical (unpaired) electrons. The van der Waals surface area contributed by atoms with E-state index in [0.29, 0.717) is 0 Å². The minimum Gasteiger partial charge on any atom is -0.256 e. The summed E-state index contributed by atoms with van der Waals surface area (Å²) in [4.78, 5) is 7.39. The van der Waals surface area contributed by atoms with Crippen molar-refractivity contribution in [2.45, 2.75) is 42.9 Å². The first-order valence-electron chi connectivity index (χ1n) is 10.4. The van der Waals surface area contributed by atoms with Crippen molar-refractivity contribution in [1.29, 1.82) is 0 Å². The lowest BCUT2D eigenvalue weighted by molar-refractivity contribution is 0.587. The van der Waals surface area contributed by atoms with Gasteiger partial charge in [-0.25, -0.2) is 0 Å². The normalized spacial score (nSPS) is 12.5. The van der Waals surface area contributed by atoms with Crippen molar-refractivity contribution in [2.75, 3.05) is 0 Å². The van der Waals surface area contributed by atoms with Crippen molar-refractivity contribution in [1.82, 2.24) is 4.98 Å². The molecule has 0 bridgehead atoms. The Kier molecular flexibility index (Phi) is 4.56. The minimum absolute atomic E-state index is 0.109. The van der Waals surface area contributed by atoms with Crippen LogP contribution in [0.25, 0.3) is 33.5 Å². The molecule has 148 valence electrons. The fourth-order valence-corrected chi connectivity index (χ4v) is 5.10. The average Bonchev–Trinajstić information content (AvgIpc) is 2.87. The number of rotatable bonds is 1. The van der Waals surface area contributed by atoms with E-state index in [1.807, 2.05) is 18.0 Å². The van der Waals surface area contributed by atoms with Gasteiger partial charge in [-0.2, -0.15) is 0 Å². The summed E-state index contributed by atoms with van der Waals surface area (Å²) in [6.45, 7) is 8.83. The molecular weight excluding hydrogens is 382 g/mol. The number of hydrogen-bond donors (Lipinski definition) is 0. The lowest BCUT2D eigenvalue weighted by Gasteiger charge is -2.18. The summed E-state index contributed by atoms with van der Waals surface area (Å²) in [5, 5.41) is 0. The third-order valence-corrected chi connectivity index (χ3v) is 6.92. The maximum atomic E-state index is 4.79. The molecule has 2 heteroatoms. The Morgan fingerprint density at radius 2 is 1.50 bits per heavy atom.